The van der Waals surface area contributed by atoms with Gasteiger partial charge in [-0.2, -0.15) is 5.10 Å². The number of hydrogen-bond donors (Lipinski definition) is 1. The van der Waals surface area contributed by atoms with Gasteiger partial charge < -0.3 is 9.30 Å². The van der Waals surface area contributed by atoms with Crippen LogP contribution in [0.4, 0.5) is 0 Å². The van der Waals surface area contributed by atoms with E-state index in [0.717, 1.165) is 29.2 Å². The average molecular weight is 369 g/mol. The average Bonchev–Trinajstić information content (AvgIpc) is 3.11. The minimum absolute atomic E-state index is 0.0275. The van der Waals surface area contributed by atoms with Crippen LogP contribution >= 0.6 is 0 Å². The Morgan fingerprint density at radius 3 is 2.60 bits per heavy atom. The van der Waals surface area contributed by atoms with Crippen LogP contribution in [0.3, 0.4) is 0 Å². The summed E-state index contributed by atoms with van der Waals surface area (Å²) in [7, 11) is 0.217. The van der Waals surface area contributed by atoms with Crippen molar-refractivity contribution in [1.29, 1.82) is 0 Å². The molecule has 0 amide bonds. The second-order valence-corrected chi connectivity index (χ2v) is 8.34. The predicted molar refractivity (Wildman–Crippen MR) is 95.1 cm³/mol. The molecule has 2 rings (SSSR count). The van der Waals surface area contributed by atoms with Crippen LogP contribution in [-0.2, 0) is 34.2 Å². The number of hydrogen-bond acceptors (Lipinski definition) is 6. The van der Waals surface area contributed by atoms with E-state index in [1.807, 2.05) is 20.9 Å². The summed E-state index contributed by atoms with van der Waals surface area (Å²) in [4.78, 5) is 6.29. The molecule has 0 atom stereocenters. The molecule has 0 saturated heterocycles. The van der Waals surface area contributed by atoms with Gasteiger partial charge in [-0.25, -0.2) is 13.4 Å². The summed E-state index contributed by atoms with van der Waals surface area (Å²) in [6.07, 6.45) is 1.64. The number of aryl methyl sites for hydroxylation is 2. The van der Waals surface area contributed by atoms with Gasteiger partial charge in [0, 0.05) is 38.0 Å². The molecule has 140 valence electrons. The lowest BCUT2D eigenvalue weighted by Crippen LogP contribution is -2.22. The van der Waals surface area contributed by atoms with Crippen molar-refractivity contribution in [1.82, 2.24) is 24.6 Å². The molecular weight excluding hydrogens is 342 g/mol. The molecule has 0 unspecified atom stereocenters. The van der Waals surface area contributed by atoms with Crippen LogP contribution in [0.25, 0.3) is 0 Å². The Bertz CT molecular complexity index is 790. The van der Waals surface area contributed by atoms with Gasteiger partial charge in [-0.15, -0.1) is 0 Å². The van der Waals surface area contributed by atoms with Crippen LogP contribution in [-0.4, -0.2) is 59.6 Å². The van der Waals surface area contributed by atoms with E-state index in [1.54, 1.807) is 24.8 Å². The third kappa shape index (κ3) is 4.47. The standard InChI is InChI=1S/C16H27N5O3S/c1-6-25(22,23)16-17-9-14(21(16)7-8-24-5)10-20(4)11-15-12(2)18-19-13(15)3/h9H,6-8,10-11H2,1-5H3,(H,18,19). The van der Waals surface area contributed by atoms with Crippen molar-refractivity contribution in [2.75, 3.05) is 26.5 Å². The fourth-order valence-corrected chi connectivity index (χ4v) is 3.74. The monoisotopic (exact) mass is 369 g/mol. The van der Waals surface area contributed by atoms with E-state index in [4.69, 9.17) is 4.74 Å². The van der Waals surface area contributed by atoms with E-state index >= 15 is 0 Å². The Hall–Kier alpha value is -1.71. The lowest BCUT2D eigenvalue weighted by Gasteiger charge is -2.18. The van der Waals surface area contributed by atoms with Gasteiger partial charge in [0.05, 0.1) is 29.9 Å². The summed E-state index contributed by atoms with van der Waals surface area (Å²) in [5.74, 6) is 0.0275. The highest BCUT2D eigenvalue weighted by Crippen LogP contribution is 2.17. The SMILES string of the molecule is CCS(=O)(=O)c1ncc(CN(C)Cc2c(C)n[nH]c2C)n1CCOC. The Morgan fingerprint density at radius 2 is 2.04 bits per heavy atom. The number of aromatic amines is 1. The first kappa shape index (κ1) is 19.6. The lowest BCUT2D eigenvalue weighted by atomic mass is 10.2. The molecule has 0 aliphatic rings. The van der Waals surface area contributed by atoms with Crippen LogP contribution in [0.15, 0.2) is 11.4 Å². The minimum atomic E-state index is -3.37. The van der Waals surface area contributed by atoms with E-state index in [2.05, 4.69) is 20.1 Å². The zero-order valence-electron chi connectivity index (χ0n) is 15.5. The topological polar surface area (TPSA) is 93.1 Å². The molecule has 1 N–H and O–H groups in total. The van der Waals surface area contributed by atoms with Crippen molar-refractivity contribution in [2.45, 2.75) is 45.6 Å². The van der Waals surface area contributed by atoms with Gasteiger partial charge in [0.25, 0.3) is 0 Å². The van der Waals surface area contributed by atoms with E-state index < -0.39 is 9.84 Å². The number of H-pyrrole nitrogens is 1. The number of methoxy groups -OCH3 is 1. The van der Waals surface area contributed by atoms with E-state index in [9.17, 15) is 8.42 Å². The van der Waals surface area contributed by atoms with Crippen molar-refractivity contribution in [3.05, 3.63) is 28.8 Å². The molecule has 0 aliphatic carbocycles. The molecule has 8 nitrogen and oxygen atoms in total. The molecule has 25 heavy (non-hydrogen) atoms. The summed E-state index contributed by atoms with van der Waals surface area (Å²) in [5, 5.41) is 7.32. The molecule has 0 saturated carbocycles. The molecule has 2 aromatic rings. The number of nitrogens with zero attached hydrogens (tertiary/aromatic N) is 4. The Morgan fingerprint density at radius 1 is 1.32 bits per heavy atom. The summed E-state index contributed by atoms with van der Waals surface area (Å²) in [6, 6.07) is 0. The van der Waals surface area contributed by atoms with Gasteiger partial charge in [0.15, 0.2) is 0 Å². The van der Waals surface area contributed by atoms with Crippen molar-refractivity contribution < 1.29 is 13.2 Å². The highest BCUT2D eigenvalue weighted by atomic mass is 32.2. The number of nitrogens with one attached hydrogen (secondary N) is 1. The maximum absolute atomic E-state index is 12.3. The summed E-state index contributed by atoms with van der Waals surface area (Å²) in [5.41, 5.74) is 4.04. The third-order valence-corrected chi connectivity index (χ3v) is 5.86. The molecule has 0 aromatic carbocycles. The van der Waals surface area contributed by atoms with Crippen molar-refractivity contribution in [3.8, 4) is 0 Å². The van der Waals surface area contributed by atoms with E-state index in [-0.39, 0.29) is 10.9 Å². The summed E-state index contributed by atoms with van der Waals surface area (Å²) >= 11 is 0. The largest absolute Gasteiger partial charge is 0.383 e. The second kappa shape index (κ2) is 8.11. The van der Waals surface area contributed by atoms with Gasteiger partial charge in [-0.1, -0.05) is 6.92 Å². The summed E-state index contributed by atoms with van der Waals surface area (Å²) < 4.78 is 31.4. The third-order valence-electron chi connectivity index (χ3n) is 4.22. The van der Waals surface area contributed by atoms with Crippen LogP contribution < -0.4 is 0 Å². The highest BCUT2D eigenvalue weighted by molar-refractivity contribution is 7.91. The Balaban J connectivity index is 2.23. The number of imidazole rings is 1. The zero-order valence-corrected chi connectivity index (χ0v) is 16.4. The van der Waals surface area contributed by atoms with Crippen molar-refractivity contribution in [2.24, 2.45) is 0 Å². The van der Waals surface area contributed by atoms with Gasteiger partial charge in [-0.3, -0.25) is 10.00 Å². The molecule has 0 fully saturated rings. The molecule has 2 heterocycles. The van der Waals surface area contributed by atoms with Crippen LogP contribution in [0.2, 0.25) is 0 Å². The first-order valence-electron chi connectivity index (χ1n) is 8.25. The molecule has 9 heteroatoms. The van der Waals surface area contributed by atoms with Gasteiger partial charge in [0.1, 0.15) is 0 Å². The highest BCUT2D eigenvalue weighted by Gasteiger charge is 2.22. The quantitative estimate of drug-likeness (QED) is 0.716. The van der Waals surface area contributed by atoms with E-state index in [0.29, 0.717) is 19.7 Å². The van der Waals surface area contributed by atoms with Crippen LogP contribution in [0.5, 0.6) is 0 Å². The van der Waals surface area contributed by atoms with Gasteiger partial charge in [0.2, 0.25) is 15.0 Å². The molecule has 0 spiro atoms. The Labute approximate surface area is 149 Å². The lowest BCUT2D eigenvalue weighted by molar-refractivity contribution is 0.182. The number of rotatable bonds is 9. The van der Waals surface area contributed by atoms with E-state index in [1.165, 1.54) is 0 Å². The molecule has 0 bridgehead atoms. The normalized spacial score (nSPS) is 12.2. The smallest absolute Gasteiger partial charge is 0.227 e. The van der Waals surface area contributed by atoms with Crippen molar-refractivity contribution >= 4 is 9.84 Å². The number of sulfone groups is 1. The van der Waals surface area contributed by atoms with Gasteiger partial charge >= 0.3 is 0 Å². The molecular formula is C16H27N5O3S. The first-order valence-corrected chi connectivity index (χ1v) is 9.90. The molecule has 2 aromatic heterocycles. The molecule has 0 aliphatic heterocycles. The van der Waals surface area contributed by atoms with Crippen molar-refractivity contribution in [3.63, 3.8) is 0 Å². The van der Waals surface area contributed by atoms with Gasteiger partial charge in [-0.05, 0) is 20.9 Å². The number of ether oxygens (including phenoxy) is 1. The summed E-state index contributed by atoms with van der Waals surface area (Å²) in [6.45, 7) is 7.79. The number of aromatic nitrogens is 4. The minimum Gasteiger partial charge on any atom is -0.383 e. The maximum atomic E-state index is 12.3. The predicted octanol–water partition coefficient (Wildman–Crippen LogP) is 1.30. The van der Waals surface area contributed by atoms with Crippen LogP contribution in [0.1, 0.15) is 29.6 Å². The fourth-order valence-electron chi connectivity index (χ4n) is 2.73. The van der Waals surface area contributed by atoms with Crippen LogP contribution in [0, 0.1) is 13.8 Å². The zero-order chi connectivity index (χ0) is 18.6. The molecule has 0 radical (unpaired) electrons. The fraction of sp³-hybridized carbons (Fsp3) is 0.625. The maximum Gasteiger partial charge on any atom is 0.227 e. The Kier molecular flexibility index (Phi) is 6.36. The second-order valence-electron chi connectivity index (χ2n) is 6.16. The first-order chi connectivity index (χ1) is 11.8.